The monoisotopic (exact) mass is 436 g/mol. The minimum Gasteiger partial charge on any atom is -0.405 e. The summed E-state index contributed by atoms with van der Waals surface area (Å²) >= 11 is 0. The van der Waals surface area contributed by atoms with Gasteiger partial charge >= 0.3 is 6.36 Å². The summed E-state index contributed by atoms with van der Waals surface area (Å²) in [5.74, 6) is -0.00970. The van der Waals surface area contributed by atoms with Gasteiger partial charge in [0.05, 0.1) is 5.56 Å². The van der Waals surface area contributed by atoms with Gasteiger partial charge in [0.25, 0.3) is 5.91 Å². The molecule has 1 aromatic heterocycles. The van der Waals surface area contributed by atoms with E-state index in [1.165, 1.54) is 18.2 Å². The summed E-state index contributed by atoms with van der Waals surface area (Å²) in [6.07, 6.45) is 3.07. The Hall–Kier alpha value is -2.58. The first kappa shape index (κ1) is 21.6. The van der Waals surface area contributed by atoms with Crippen molar-refractivity contribution in [2.75, 3.05) is 13.1 Å². The minimum absolute atomic E-state index is 0.0153. The fourth-order valence-corrected chi connectivity index (χ4v) is 5.22. The van der Waals surface area contributed by atoms with Crippen LogP contribution in [0.2, 0.25) is 0 Å². The van der Waals surface area contributed by atoms with Crippen molar-refractivity contribution in [3.8, 4) is 5.75 Å². The van der Waals surface area contributed by atoms with E-state index in [0.717, 1.165) is 50.9 Å². The zero-order chi connectivity index (χ0) is 22.1. The normalized spacial score (nSPS) is 20.9. The highest BCUT2D eigenvalue weighted by Gasteiger charge is 2.51. The summed E-state index contributed by atoms with van der Waals surface area (Å²) in [6.45, 7) is 3.81. The SMILES string of the molecule is CCCn1cnnc1C1CN(C(=O)c2ccccc2OC(F)(F)F)CC12CCCCC2. The first-order chi connectivity index (χ1) is 14.8. The van der Waals surface area contributed by atoms with Crippen LogP contribution in [0.25, 0.3) is 0 Å². The smallest absolute Gasteiger partial charge is 0.405 e. The molecule has 168 valence electrons. The van der Waals surface area contributed by atoms with Gasteiger partial charge in [-0.05, 0) is 36.8 Å². The van der Waals surface area contributed by atoms with Crippen molar-refractivity contribution in [1.29, 1.82) is 0 Å². The highest BCUT2D eigenvalue weighted by molar-refractivity contribution is 5.97. The van der Waals surface area contributed by atoms with Crippen molar-refractivity contribution in [2.24, 2.45) is 5.41 Å². The molecule has 0 N–H and O–H groups in total. The molecular formula is C22H27F3N4O2. The first-order valence-electron chi connectivity index (χ1n) is 10.8. The number of hydrogen-bond donors (Lipinski definition) is 0. The van der Waals surface area contributed by atoms with Crippen LogP contribution in [0.1, 0.15) is 67.5 Å². The third kappa shape index (κ3) is 4.41. The van der Waals surface area contributed by atoms with Gasteiger partial charge in [0.2, 0.25) is 0 Å². The molecule has 9 heteroatoms. The van der Waals surface area contributed by atoms with E-state index in [0.29, 0.717) is 13.1 Å². The van der Waals surface area contributed by atoms with Crippen LogP contribution < -0.4 is 4.74 Å². The molecule has 1 aromatic carbocycles. The number of benzene rings is 1. The molecule has 0 bridgehead atoms. The van der Waals surface area contributed by atoms with Crippen molar-refractivity contribution in [3.05, 3.63) is 42.0 Å². The topological polar surface area (TPSA) is 60.2 Å². The molecule has 2 aromatic rings. The van der Waals surface area contributed by atoms with Crippen LogP contribution in [-0.2, 0) is 6.54 Å². The van der Waals surface area contributed by atoms with Crippen LogP contribution in [0.3, 0.4) is 0 Å². The molecule has 1 aliphatic heterocycles. The van der Waals surface area contributed by atoms with Gasteiger partial charge in [-0.2, -0.15) is 0 Å². The van der Waals surface area contributed by atoms with E-state index in [-0.39, 0.29) is 16.9 Å². The molecule has 1 amide bonds. The Morgan fingerprint density at radius 2 is 1.97 bits per heavy atom. The summed E-state index contributed by atoms with van der Waals surface area (Å²) < 4.78 is 44.7. The zero-order valence-electron chi connectivity index (χ0n) is 17.6. The van der Waals surface area contributed by atoms with Gasteiger partial charge in [0.1, 0.15) is 17.9 Å². The Kier molecular flexibility index (Phi) is 5.94. The van der Waals surface area contributed by atoms with Crippen molar-refractivity contribution in [3.63, 3.8) is 0 Å². The summed E-state index contributed by atoms with van der Waals surface area (Å²) in [5, 5.41) is 8.51. The van der Waals surface area contributed by atoms with E-state index < -0.39 is 18.0 Å². The zero-order valence-corrected chi connectivity index (χ0v) is 17.6. The number of carbonyl (C=O) groups excluding carboxylic acids is 1. The number of amides is 1. The molecule has 2 heterocycles. The molecule has 1 saturated heterocycles. The standard InChI is InChI=1S/C22H27F3N4O2/c1-2-12-28-15-26-27-19(28)17-13-29(14-21(17)10-6-3-7-11-21)20(30)16-8-4-5-9-18(16)31-22(23,24)25/h4-5,8-9,15,17H,2-3,6-7,10-14H2,1H3. The van der Waals surface area contributed by atoms with Crippen molar-refractivity contribution < 1.29 is 22.7 Å². The molecule has 31 heavy (non-hydrogen) atoms. The van der Waals surface area contributed by atoms with Crippen LogP contribution >= 0.6 is 0 Å². The first-order valence-corrected chi connectivity index (χ1v) is 10.8. The molecular weight excluding hydrogens is 409 g/mol. The molecule has 0 radical (unpaired) electrons. The summed E-state index contributed by atoms with van der Waals surface area (Å²) in [4.78, 5) is 15.0. The van der Waals surface area contributed by atoms with Gasteiger partial charge in [-0.25, -0.2) is 0 Å². The van der Waals surface area contributed by atoms with Crippen LogP contribution in [0.4, 0.5) is 13.2 Å². The predicted octanol–water partition coefficient (Wildman–Crippen LogP) is 4.78. The van der Waals surface area contributed by atoms with E-state index in [9.17, 15) is 18.0 Å². The second kappa shape index (κ2) is 8.51. The lowest BCUT2D eigenvalue weighted by Crippen LogP contribution is -2.35. The van der Waals surface area contributed by atoms with E-state index in [1.54, 1.807) is 17.3 Å². The molecule has 1 atom stereocenters. The quantitative estimate of drug-likeness (QED) is 0.677. The molecule has 1 unspecified atom stereocenters. The third-order valence-electron chi connectivity index (χ3n) is 6.55. The van der Waals surface area contributed by atoms with Crippen molar-refractivity contribution >= 4 is 5.91 Å². The van der Waals surface area contributed by atoms with Gasteiger partial charge in [-0.1, -0.05) is 38.3 Å². The number of aryl methyl sites for hydroxylation is 1. The maximum Gasteiger partial charge on any atom is 0.573 e. The fourth-order valence-electron chi connectivity index (χ4n) is 5.22. The highest BCUT2D eigenvalue weighted by Crippen LogP contribution is 2.52. The van der Waals surface area contributed by atoms with Crippen molar-refractivity contribution in [1.82, 2.24) is 19.7 Å². The highest BCUT2D eigenvalue weighted by atomic mass is 19.4. The number of hydrogen-bond acceptors (Lipinski definition) is 4. The fraction of sp³-hybridized carbons (Fsp3) is 0.591. The Morgan fingerprint density at radius 3 is 2.68 bits per heavy atom. The number of aromatic nitrogens is 3. The lowest BCUT2D eigenvalue weighted by molar-refractivity contribution is -0.274. The largest absolute Gasteiger partial charge is 0.573 e. The van der Waals surface area contributed by atoms with Crippen LogP contribution in [0.5, 0.6) is 5.75 Å². The Bertz CT molecular complexity index is 921. The van der Waals surface area contributed by atoms with Gasteiger partial charge in [0, 0.05) is 25.6 Å². The number of ether oxygens (including phenoxy) is 1. The van der Waals surface area contributed by atoms with Crippen LogP contribution in [0, 0.1) is 5.41 Å². The molecule has 2 aliphatic rings. The van der Waals surface area contributed by atoms with Crippen LogP contribution in [0.15, 0.2) is 30.6 Å². The molecule has 1 spiro atoms. The van der Waals surface area contributed by atoms with Crippen LogP contribution in [-0.4, -0.2) is 45.0 Å². The number of rotatable bonds is 5. The summed E-state index contributed by atoms with van der Waals surface area (Å²) in [6, 6.07) is 5.56. The summed E-state index contributed by atoms with van der Waals surface area (Å²) in [7, 11) is 0. The number of para-hydroxylation sites is 1. The second-order valence-electron chi connectivity index (χ2n) is 8.59. The maximum atomic E-state index is 13.3. The average Bonchev–Trinajstić information content (AvgIpc) is 3.32. The number of halogens is 3. The lowest BCUT2D eigenvalue weighted by Gasteiger charge is -2.37. The minimum atomic E-state index is -4.86. The molecule has 1 aliphatic carbocycles. The van der Waals surface area contributed by atoms with Gasteiger partial charge < -0.3 is 14.2 Å². The molecule has 2 fully saturated rings. The molecule has 4 rings (SSSR count). The van der Waals surface area contributed by atoms with Gasteiger partial charge in [0.15, 0.2) is 0 Å². The average molecular weight is 436 g/mol. The Morgan fingerprint density at radius 1 is 1.23 bits per heavy atom. The molecule has 6 nitrogen and oxygen atoms in total. The van der Waals surface area contributed by atoms with Gasteiger partial charge in [-0.15, -0.1) is 23.4 Å². The van der Waals surface area contributed by atoms with Crippen molar-refractivity contribution in [2.45, 2.75) is 64.3 Å². The van der Waals surface area contributed by atoms with E-state index in [4.69, 9.17) is 0 Å². The van der Waals surface area contributed by atoms with E-state index in [2.05, 4.69) is 26.4 Å². The number of carbonyl (C=O) groups is 1. The maximum absolute atomic E-state index is 13.3. The second-order valence-corrected chi connectivity index (χ2v) is 8.59. The Balaban J connectivity index is 1.65. The predicted molar refractivity (Wildman–Crippen MR) is 108 cm³/mol. The Labute approximate surface area is 179 Å². The number of alkyl halides is 3. The number of nitrogens with zero attached hydrogens (tertiary/aromatic N) is 4. The third-order valence-corrected chi connectivity index (χ3v) is 6.55. The lowest BCUT2D eigenvalue weighted by atomic mass is 9.67. The number of likely N-dealkylation sites (tertiary alicyclic amines) is 1. The van der Waals surface area contributed by atoms with E-state index >= 15 is 0 Å². The summed E-state index contributed by atoms with van der Waals surface area (Å²) in [5.41, 5.74) is -0.187. The molecule has 1 saturated carbocycles. The van der Waals surface area contributed by atoms with Gasteiger partial charge in [-0.3, -0.25) is 4.79 Å². The van der Waals surface area contributed by atoms with E-state index in [1.807, 2.05) is 0 Å².